The second-order valence-electron chi connectivity index (χ2n) is 3.03. The van der Waals surface area contributed by atoms with Gasteiger partial charge in [0.15, 0.2) is 0 Å². The number of nitrogens with one attached hydrogen (secondary N) is 1. The second kappa shape index (κ2) is 5.36. The lowest BCUT2D eigenvalue weighted by Gasteiger charge is -2.00. The van der Waals surface area contributed by atoms with Crippen LogP contribution < -0.4 is 11.0 Å². The number of hydrazone groups is 1. The maximum atomic E-state index is 11.2. The standard InChI is InChI=1S/C9H11N3O3S/c1-5(2)11-12-9-10-7(13)4-6(16-9)8(14)15-3/h4H,1-3H3,(H,10,12,13). The molecular weight excluding hydrogens is 230 g/mol. The zero-order valence-electron chi connectivity index (χ0n) is 9.10. The quantitative estimate of drug-likeness (QED) is 0.487. The van der Waals surface area contributed by atoms with E-state index in [0.717, 1.165) is 23.1 Å². The first-order valence-corrected chi connectivity index (χ1v) is 5.22. The van der Waals surface area contributed by atoms with Gasteiger partial charge in [0.05, 0.1) is 7.11 Å². The molecule has 1 aromatic rings. The highest BCUT2D eigenvalue weighted by atomic mass is 32.1. The second-order valence-corrected chi connectivity index (χ2v) is 4.06. The number of nitrogens with zero attached hydrogens (tertiary/aromatic N) is 2. The number of carbonyl (C=O) groups excluding carboxylic acids is 1. The minimum atomic E-state index is -0.565. The van der Waals surface area contributed by atoms with Crippen molar-refractivity contribution in [2.24, 2.45) is 5.10 Å². The smallest absolute Gasteiger partial charge is 0.348 e. The lowest BCUT2D eigenvalue weighted by atomic mass is 10.5. The Morgan fingerprint density at radius 3 is 2.81 bits per heavy atom. The van der Waals surface area contributed by atoms with E-state index in [-0.39, 0.29) is 10.0 Å². The van der Waals surface area contributed by atoms with Crippen LogP contribution in [0.3, 0.4) is 0 Å². The molecule has 0 spiro atoms. The minimum Gasteiger partial charge on any atom is -0.465 e. The van der Waals surface area contributed by atoms with Crippen molar-refractivity contribution in [1.29, 1.82) is 0 Å². The summed E-state index contributed by atoms with van der Waals surface area (Å²) in [6.07, 6.45) is 0. The first-order valence-electron chi connectivity index (χ1n) is 4.40. The molecule has 0 aliphatic heterocycles. The van der Waals surface area contributed by atoms with Crippen molar-refractivity contribution < 1.29 is 9.53 Å². The van der Waals surface area contributed by atoms with E-state index in [2.05, 4.69) is 20.2 Å². The molecule has 0 radical (unpaired) electrons. The molecule has 0 aromatic carbocycles. The van der Waals surface area contributed by atoms with E-state index in [0.29, 0.717) is 0 Å². The molecular formula is C9H11N3O3S. The third-order valence-corrected chi connectivity index (χ3v) is 2.32. The minimum absolute atomic E-state index is 0.189. The van der Waals surface area contributed by atoms with Crippen LogP contribution in [0.2, 0.25) is 0 Å². The molecule has 0 aliphatic carbocycles. The van der Waals surface area contributed by atoms with Crippen molar-refractivity contribution in [3.8, 4) is 0 Å². The highest BCUT2D eigenvalue weighted by Gasteiger charge is 2.09. The monoisotopic (exact) mass is 241 g/mol. The molecule has 0 bridgehead atoms. The van der Waals surface area contributed by atoms with Crippen LogP contribution in [0, 0.1) is 0 Å². The lowest BCUT2D eigenvalue weighted by molar-refractivity contribution is 0.0606. The summed E-state index contributed by atoms with van der Waals surface area (Å²) in [5.41, 5.74) is 2.87. The summed E-state index contributed by atoms with van der Waals surface area (Å²) in [5, 5.41) is 4.14. The molecule has 1 N–H and O–H groups in total. The number of esters is 1. The van der Waals surface area contributed by atoms with Crippen molar-refractivity contribution in [1.82, 2.24) is 4.98 Å². The van der Waals surface area contributed by atoms with Gasteiger partial charge in [-0.1, -0.05) is 11.3 Å². The molecule has 7 heteroatoms. The van der Waals surface area contributed by atoms with Gasteiger partial charge in [-0.2, -0.15) is 10.1 Å². The van der Waals surface area contributed by atoms with E-state index in [1.165, 1.54) is 7.11 Å². The number of hydrogen-bond acceptors (Lipinski definition) is 7. The third-order valence-electron chi connectivity index (χ3n) is 1.43. The predicted molar refractivity (Wildman–Crippen MR) is 62.1 cm³/mol. The van der Waals surface area contributed by atoms with Gasteiger partial charge in [-0.05, 0) is 13.8 Å². The van der Waals surface area contributed by atoms with Crippen LogP contribution in [0.5, 0.6) is 0 Å². The molecule has 1 heterocycles. The van der Waals surface area contributed by atoms with E-state index < -0.39 is 11.5 Å². The largest absolute Gasteiger partial charge is 0.465 e. The molecule has 0 saturated heterocycles. The Morgan fingerprint density at radius 2 is 2.25 bits per heavy atom. The van der Waals surface area contributed by atoms with Crippen molar-refractivity contribution in [2.45, 2.75) is 13.8 Å². The molecule has 1 rings (SSSR count). The molecule has 6 nitrogen and oxygen atoms in total. The molecule has 86 valence electrons. The van der Waals surface area contributed by atoms with Gasteiger partial charge in [-0.15, -0.1) is 0 Å². The number of rotatable bonds is 3. The lowest BCUT2D eigenvalue weighted by Crippen LogP contribution is -2.11. The Bertz CT molecular complexity index is 477. The molecule has 1 aromatic heterocycles. The number of carbonyl (C=O) groups is 1. The molecule has 0 aliphatic rings. The van der Waals surface area contributed by atoms with Gasteiger partial charge >= 0.3 is 5.97 Å². The van der Waals surface area contributed by atoms with E-state index >= 15 is 0 Å². The predicted octanol–water partition coefficient (Wildman–Crippen LogP) is 1.10. The highest BCUT2D eigenvalue weighted by molar-refractivity contribution is 7.17. The van der Waals surface area contributed by atoms with Crippen LogP contribution in [0.4, 0.5) is 5.13 Å². The fourth-order valence-corrected chi connectivity index (χ4v) is 1.57. The van der Waals surface area contributed by atoms with E-state index in [9.17, 15) is 9.59 Å². The molecule has 16 heavy (non-hydrogen) atoms. The fraction of sp³-hybridized carbons (Fsp3) is 0.333. The van der Waals surface area contributed by atoms with Crippen molar-refractivity contribution >= 4 is 28.1 Å². The summed E-state index contributed by atoms with van der Waals surface area (Å²) in [6.45, 7) is 3.58. The molecule has 0 fully saturated rings. The van der Waals surface area contributed by atoms with Crippen LogP contribution in [-0.2, 0) is 4.74 Å². The Balaban J connectivity index is 3.03. The van der Waals surface area contributed by atoms with Gasteiger partial charge in [0.1, 0.15) is 4.88 Å². The number of hydrogen-bond donors (Lipinski definition) is 1. The zero-order chi connectivity index (χ0) is 12.1. The Labute approximate surface area is 96.0 Å². The number of aromatic nitrogens is 1. The van der Waals surface area contributed by atoms with Crippen LogP contribution in [-0.4, -0.2) is 23.8 Å². The van der Waals surface area contributed by atoms with Gasteiger partial charge in [0.2, 0.25) is 5.13 Å². The summed E-state index contributed by atoms with van der Waals surface area (Å²) in [7, 11) is 1.25. The van der Waals surface area contributed by atoms with Gasteiger partial charge in [0, 0.05) is 11.8 Å². The van der Waals surface area contributed by atoms with Crippen LogP contribution >= 0.6 is 11.3 Å². The summed E-state index contributed by atoms with van der Waals surface area (Å²) in [5.74, 6) is -0.565. The number of ether oxygens (including phenoxy) is 1. The fourth-order valence-electron chi connectivity index (χ4n) is 0.810. The topological polar surface area (TPSA) is 80.7 Å². The molecule has 0 amide bonds. The Hall–Kier alpha value is -1.76. The first-order chi connectivity index (χ1) is 7.52. The Morgan fingerprint density at radius 1 is 1.56 bits per heavy atom. The Kier molecular flexibility index (Phi) is 4.12. The SMILES string of the molecule is COC(=O)c1cc(=O)nc(NN=C(C)C)s1. The zero-order valence-corrected chi connectivity index (χ0v) is 9.92. The van der Waals surface area contributed by atoms with E-state index in [4.69, 9.17) is 0 Å². The summed E-state index contributed by atoms with van der Waals surface area (Å²) in [4.78, 5) is 26.2. The summed E-state index contributed by atoms with van der Waals surface area (Å²) in [6, 6.07) is 1.13. The summed E-state index contributed by atoms with van der Waals surface area (Å²) >= 11 is 1.01. The van der Waals surface area contributed by atoms with Crippen molar-refractivity contribution in [2.75, 3.05) is 12.5 Å². The molecule has 0 atom stereocenters. The van der Waals surface area contributed by atoms with E-state index in [1.807, 2.05) is 0 Å². The number of anilines is 1. The van der Waals surface area contributed by atoms with E-state index in [1.54, 1.807) is 13.8 Å². The highest BCUT2D eigenvalue weighted by Crippen LogP contribution is 2.14. The average Bonchev–Trinajstić information content (AvgIpc) is 2.24. The average molecular weight is 241 g/mol. The first kappa shape index (κ1) is 12.3. The maximum absolute atomic E-state index is 11.2. The normalized spacial score (nSPS) is 9.44. The summed E-state index contributed by atoms with van der Waals surface area (Å²) < 4.78 is 4.51. The van der Waals surface area contributed by atoms with Gasteiger partial charge in [-0.3, -0.25) is 10.2 Å². The van der Waals surface area contributed by atoms with Gasteiger partial charge in [-0.25, -0.2) is 4.79 Å². The van der Waals surface area contributed by atoms with Gasteiger partial charge in [0.25, 0.3) is 5.56 Å². The maximum Gasteiger partial charge on any atom is 0.348 e. The molecule has 0 unspecified atom stereocenters. The third kappa shape index (κ3) is 3.43. The van der Waals surface area contributed by atoms with Crippen LogP contribution in [0.25, 0.3) is 0 Å². The van der Waals surface area contributed by atoms with Crippen molar-refractivity contribution in [3.63, 3.8) is 0 Å². The number of methoxy groups -OCH3 is 1. The van der Waals surface area contributed by atoms with Crippen LogP contribution in [0.1, 0.15) is 23.5 Å². The van der Waals surface area contributed by atoms with Crippen LogP contribution in [0.15, 0.2) is 16.0 Å². The van der Waals surface area contributed by atoms with Gasteiger partial charge < -0.3 is 4.74 Å². The molecule has 0 saturated carbocycles. The van der Waals surface area contributed by atoms with Crippen molar-refractivity contribution in [3.05, 3.63) is 21.3 Å².